The quantitative estimate of drug-likeness (QED) is 0.745. The Kier molecular flexibility index (Phi) is 2.32. The molecule has 0 spiro atoms. The van der Waals surface area contributed by atoms with Gasteiger partial charge in [-0.05, 0) is 12.1 Å². The zero-order valence-corrected chi connectivity index (χ0v) is 8.44. The second-order valence-corrected chi connectivity index (χ2v) is 3.31. The summed E-state index contributed by atoms with van der Waals surface area (Å²) in [6.45, 7) is 0. The molecule has 0 bridgehead atoms. The van der Waals surface area contributed by atoms with Crippen LogP contribution in [0.1, 0.15) is 5.82 Å². The Morgan fingerprint density at radius 3 is 3.00 bits per heavy atom. The molecule has 2 aromatic rings. The summed E-state index contributed by atoms with van der Waals surface area (Å²) < 4.78 is 1.60. The molecule has 1 aromatic heterocycles. The highest BCUT2D eigenvalue weighted by atomic mass is 35.5. The monoisotopic (exact) mass is 218 g/mol. The van der Waals surface area contributed by atoms with Crippen molar-refractivity contribution in [3.8, 4) is 11.8 Å². The molecule has 4 nitrogen and oxygen atoms in total. The number of benzene rings is 1. The Bertz CT molecular complexity index is 539. The highest BCUT2D eigenvalue weighted by Crippen LogP contribution is 2.26. The van der Waals surface area contributed by atoms with E-state index in [1.165, 1.54) is 0 Å². The fourth-order valence-electron chi connectivity index (χ4n) is 1.32. The van der Waals surface area contributed by atoms with Gasteiger partial charge in [-0.3, -0.25) is 4.57 Å². The van der Waals surface area contributed by atoms with E-state index in [4.69, 9.17) is 22.6 Å². The van der Waals surface area contributed by atoms with Gasteiger partial charge in [-0.2, -0.15) is 5.26 Å². The van der Waals surface area contributed by atoms with Gasteiger partial charge in [-0.25, -0.2) is 4.98 Å². The number of nitrogen functional groups attached to an aromatic ring is 1. The molecule has 0 amide bonds. The van der Waals surface area contributed by atoms with E-state index in [1.807, 2.05) is 6.07 Å². The van der Waals surface area contributed by atoms with E-state index >= 15 is 0 Å². The van der Waals surface area contributed by atoms with Crippen LogP contribution in [0.15, 0.2) is 30.6 Å². The molecule has 2 rings (SSSR count). The van der Waals surface area contributed by atoms with E-state index in [0.717, 1.165) is 0 Å². The summed E-state index contributed by atoms with van der Waals surface area (Å²) >= 11 is 5.88. The van der Waals surface area contributed by atoms with Gasteiger partial charge in [0.15, 0.2) is 0 Å². The smallest absolute Gasteiger partial charge is 0.217 e. The molecule has 0 saturated heterocycles. The maximum Gasteiger partial charge on any atom is 0.217 e. The Labute approximate surface area is 91.5 Å². The number of para-hydroxylation sites is 1. The van der Waals surface area contributed by atoms with Crippen LogP contribution in [0, 0.1) is 11.3 Å². The first-order chi connectivity index (χ1) is 7.24. The van der Waals surface area contributed by atoms with E-state index in [1.54, 1.807) is 35.2 Å². The van der Waals surface area contributed by atoms with Gasteiger partial charge in [0, 0.05) is 12.4 Å². The van der Waals surface area contributed by atoms with E-state index in [2.05, 4.69) is 4.98 Å². The Morgan fingerprint density at radius 1 is 1.47 bits per heavy atom. The lowest BCUT2D eigenvalue weighted by molar-refractivity contribution is 1.02. The molecule has 5 heteroatoms. The van der Waals surface area contributed by atoms with Crippen LogP contribution in [0.5, 0.6) is 0 Å². The normalized spacial score (nSPS) is 9.87. The fraction of sp³-hybridized carbons (Fsp3) is 0. The number of hydrogen-bond donors (Lipinski definition) is 1. The first-order valence-corrected chi connectivity index (χ1v) is 4.59. The number of halogens is 1. The van der Waals surface area contributed by atoms with Crippen molar-refractivity contribution in [2.45, 2.75) is 0 Å². The molecule has 15 heavy (non-hydrogen) atoms. The molecule has 0 saturated carbocycles. The lowest BCUT2D eigenvalue weighted by Gasteiger charge is -2.08. The minimum Gasteiger partial charge on any atom is -0.396 e. The van der Waals surface area contributed by atoms with Crippen LogP contribution < -0.4 is 5.73 Å². The van der Waals surface area contributed by atoms with Crippen LogP contribution in [-0.2, 0) is 0 Å². The number of rotatable bonds is 1. The molecule has 2 N–H and O–H groups in total. The van der Waals surface area contributed by atoms with Gasteiger partial charge in [0.2, 0.25) is 5.82 Å². The summed E-state index contributed by atoms with van der Waals surface area (Å²) in [7, 11) is 0. The molecular weight excluding hydrogens is 212 g/mol. The minimum atomic E-state index is 0.281. The maximum absolute atomic E-state index is 8.82. The van der Waals surface area contributed by atoms with Gasteiger partial charge < -0.3 is 5.73 Å². The molecule has 1 heterocycles. The van der Waals surface area contributed by atoms with Crippen LogP contribution in [0.2, 0.25) is 5.02 Å². The second kappa shape index (κ2) is 3.64. The number of aromatic nitrogens is 2. The van der Waals surface area contributed by atoms with E-state index in [9.17, 15) is 0 Å². The highest BCUT2D eigenvalue weighted by molar-refractivity contribution is 6.33. The molecule has 74 valence electrons. The number of imidazole rings is 1. The summed E-state index contributed by atoms with van der Waals surface area (Å²) in [6, 6.07) is 7.23. The van der Waals surface area contributed by atoms with Crippen molar-refractivity contribution in [3.63, 3.8) is 0 Å². The third-order valence-corrected chi connectivity index (χ3v) is 2.36. The molecule has 0 unspecified atom stereocenters. The minimum absolute atomic E-state index is 0.281. The van der Waals surface area contributed by atoms with Gasteiger partial charge in [0.1, 0.15) is 6.07 Å². The molecule has 0 aliphatic heterocycles. The molecular formula is C10H7ClN4. The Balaban J connectivity index is 2.65. The molecule has 0 aliphatic carbocycles. The van der Waals surface area contributed by atoms with Gasteiger partial charge in [0.25, 0.3) is 0 Å². The molecule has 0 radical (unpaired) electrons. The lowest BCUT2D eigenvalue weighted by atomic mass is 10.2. The van der Waals surface area contributed by atoms with Crippen molar-refractivity contribution in [1.82, 2.24) is 9.55 Å². The van der Waals surface area contributed by atoms with Gasteiger partial charge in [-0.15, -0.1) is 0 Å². The third-order valence-electron chi connectivity index (χ3n) is 2.03. The molecule has 0 aliphatic rings. The topological polar surface area (TPSA) is 67.6 Å². The molecule has 1 aromatic carbocycles. The maximum atomic E-state index is 8.82. The van der Waals surface area contributed by atoms with Crippen molar-refractivity contribution in [2.75, 3.05) is 5.73 Å². The van der Waals surface area contributed by atoms with Crippen molar-refractivity contribution in [1.29, 1.82) is 5.26 Å². The Morgan fingerprint density at radius 2 is 2.27 bits per heavy atom. The summed E-state index contributed by atoms with van der Waals surface area (Å²) in [5, 5.41) is 9.28. The number of nitriles is 1. The SMILES string of the molecule is N#Cc1nccn1-c1cccc(Cl)c1N. The standard InChI is InChI=1S/C10H7ClN4/c11-7-2-1-3-8(10(7)13)15-5-4-14-9(15)6-12/h1-5H,13H2. The van der Waals surface area contributed by atoms with Crippen LogP contribution in [0.4, 0.5) is 5.69 Å². The predicted molar refractivity (Wildman–Crippen MR) is 57.7 cm³/mol. The molecule has 0 atom stereocenters. The van der Waals surface area contributed by atoms with Crippen LogP contribution >= 0.6 is 11.6 Å². The van der Waals surface area contributed by atoms with Crippen molar-refractivity contribution < 1.29 is 0 Å². The number of nitrogens with zero attached hydrogens (tertiary/aromatic N) is 3. The summed E-state index contributed by atoms with van der Waals surface area (Å²) in [5.41, 5.74) is 6.91. The van der Waals surface area contributed by atoms with Crippen LogP contribution in [0.25, 0.3) is 5.69 Å². The fourth-order valence-corrected chi connectivity index (χ4v) is 1.49. The number of hydrogen-bond acceptors (Lipinski definition) is 3. The van der Waals surface area contributed by atoms with Crippen LogP contribution in [0.3, 0.4) is 0 Å². The van der Waals surface area contributed by atoms with Gasteiger partial charge in [-0.1, -0.05) is 17.7 Å². The van der Waals surface area contributed by atoms with Crippen molar-refractivity contribution >= 4 is 17.3 Å². The van der Waals surface area contributed by atoms with Gasteiger partial charge in [0.05, 0.1) is 16.4 Å². The Hall–Kier alpha value is -1.99. The average Bonchev–Trinajstić information content (AvgIpc) is 2.70. The zero-order valence-electron chi connectivity index (χ0n) is 7.68. The highest BCUT2D eigenvalue weighted by Gasteiger charge is 2.08. The molecule has 0 fully saturated rings. The summed E-state index contributed by atoms with van der Waals surface area (Å²) in [4.78, 5) is 3.89. The predicted octanol–water partition coefficient (Wildman–Crippen LogP) is 1.98. The van der Waals surface area contributed by atoms with E-state index in [0.29, 0.717) is 16.4 Å². The first-order valence-electron chi connectivity index (χ1n) is 4.22. The zero-order chi connectivity index (χ0) is 10.8. The first kappa shape index (κ1) is 9.56. The summed E-state index contributed by atoms with van der Waals surface area (Å²) in [6.07, 6.45) is 3.21. The van der Waals surface area contributed by atoms with Gasteiger partial charge >= 0.3 is 0 Å². The second-order valence-electron chi connectivity index (χ2n) is 2.91. The number of nitrogens with two attached hydrogens (primary N) is 1. The lowest BCUT2D eigenvalue weighted by Crippen LogP contribution is -2.01. The van der Waals surface area contributed by atoms with E-state index in [-0.39, 0.29) is 5.82 Å². The van der Waals surface area contributed by atoms with Crippen molar-refractivity contribution in [3.05, 3.63) is 41.4 Å². The summed E-state index contributed by atoms with van der Waals surface area (Å²) in [5.74, 6) is 0.281. The van der Waals surface area contributed by atoms with E-state index < -0.39 is 0 Å². The van der Waals surface area contributed by atoms with Crippen molar-refractivity contribution in [2.24, 2.45) is 0 Å². The largest absolute Gasteiger partial charge is 0.396 e. The number of anilines is 1. The van der Waals surface area contributed by atoms with Crippen LogP contribution in [-0.4, -0.2) is 9.55 Å². The third kappa shape index (κ3) is 1.53. The average molecular weight is 219 g/mol.